The zero-order valence-corrected chi connectivity index (χ0v) is 18.4. The van der Waals surface area contributed by atoms with E-state index in [0.717, 1.165) is 24.2 Å². The summed E-state index contributed by atoms with van der Waals surface area (Å²) < 4.78 is 10.8. The van der Waals surface area contributed by atoms with Crippen molar-refractivity contribution < 1.29 is 19.1 Å². The highest BCUT2D eigenvalue weighted by molar-refractivity contribution is 6.30. The molecule has 1 unspecified atom stereocenters. The monoisotopic (exact) mass is 432 g/mol. The van der Waals surface area contributed by atoms with E-state index < -0.39 is 6.04 Å². The van der Waals surface area contributed by atoms with Gasteiger partial charge in [-0.05, 0) is 49.2 Å². The molecule has 162 valence electrons. The van der Waals surface area contributed by atoms with Crippen LogP contribution in [0.4, 0.5) is 0 Å². The second-order valence-corrected chi connectivity index (χ2v) is 7.37. The molecule has 0 saturated carbocycles. The first-order chi connectivity index (χ1) is 14.4. The van der Waals surface area contributed by atoms with Gasteiger partial charge in [0.25, 0.3) is 5.91 Å². The van der Waals surface area contributed by atoms with Crippen LogP contribution >= 0.6 is 11.6 Å². The number of ether oxygens (including phenoxy) is 2. The van der Waals surface area contributed by atoms with E-state index in [1.54, 1.807) is 38.3 Å². The normalized spacial score (nSPS) is 11.5. The van der Waals surface area contributed by atoms with Crippen LogP contribution < -0.4 is 14.8 Å². The Balaban J connectivity index is 2.11. The Labute approximate surface area is 183 Å². The van der Waals surface area contributed by atoms with E-state index in [0.29, 0.717) is 17.3 Å². The molecule has 6 nitrogen and oxygen atoms in total. The van der Waals surface area contributed by atoms with E-state index in [-0.39, 0.29) is 25.0 Å². The topological polar surface area (TPSA) is 67.9 Å². The van der Waals surface area contributed by atoms with E-state index >= 15 is 0 Å². The summed E-state index contributed by atoms with van der Waals surface area (Å²) in [7, 11) is 1.60. The average molecular weight is 433 g/mol. The van der Waals surface area contributed by atoms with Crippen LogP contribution in [-0.2, 0) is 16.1 Å². The number of unbranched alkanes of at least 4 members (excludes halogenated alkanes) is 1. The van der Waals surface area contributed by atoms with Crippen LogP contribution in [0.25, 0.3) is 0 Å². The maximum absolute atomic E-state index is 13.0. The number of nitrogens with one attached hydrogen (secondary N) is 1. The highest BCUT2D eigenvalue weighted by Gasteiger charge is 2.26. The van der Waals surface area contributed by atoms with Crippen LogP contribution in [0.1, 0.15) is 32.3 Å². The van der Waals surface area contributed by atoms with Crippen LogP contribution in [0.5, 0.6) is 11.5 Å². The summed E-state index contributed by atoms with van der Waals surface area (Å²) in [6.07, 6.45) is 1.87. The molecule has 0 radical (unpaired) electrons. The molecule has 1 N–H and O–H groups in total. The van der Waals surface area contributed by atoms with E-state index in [1.165, 1.54) is 4.90 Å². The maximum atomic E-state index is 13.0. The Morgan fingerprint density at radius 3 is 2.50 bits per heavy atom. The predicted molar refractivity (Wildman–Crippen MR) is 118 cm³/mol. The van der Waals surface area contributed by atoms with Crippen molar-refractivity contribution in [2.24, 2.45) is 0 Å². The molecule has 30 heavy (non-hydrogen) atoms. The summed E-state index contributed by atoms with van der Waals surface area (Å²) in [5.74, 6) is 0.753. The SMILES string of the molecule is CCCCNC(=O)C(C)N(Cc1ccc(OC)cc1)C(=O)COc1cccc(Cl)c1. The number of nitrogens with zero attached hydrogens (tertiary/aromatic N) is 1. The molecule has 0 heterocycles. The molecule has 0 bridgehead atoms. The number of rotatable bonds is 11. The fourth-order valence-electron chi connectivity index (χ4n) is 2.83. The summed E-state index contributed by atoms with van der Waals surface area (Å²) in [6, 6.07) is 13.6. The van der Waals surface area contributed by atoms with Crippen LogP contribution in [0.3, 0.4) is 0 Å². The Morgan fingerprint density at radius 1 is 1.13 bits per heavy atom. The lowest BCUT2D eigenvalue weighted by atomic mass is 10.1. The van der Waals surface area contributed by atoms with Gasteiger partial charge >= 0.3 is 0 Å². The van der Waals surface area contributed by atoms with Gasteiger partial charge < -0.3 is 19.7 Å². The number of benzene rings is 2. The summed E-state index contributed by atoms with van der Waals surface area (Å²) in [5.41, 5.74) is 0.889. The molecule has 0 aliphatic rings. The van der Waals surface area contributed by atoms with Crippen molar-refractivity contribution in [2.45, 2.75) is 39.3 Å². The summed E-state index contributed by atoms with van der Waals surface area (Å²) >= 11 is 5.97. The molecule has 0 aliphatic heterocycles. The van der Waals surface area contributed by atoms with Gasteiger partial charge in [-0.15, -0.1) is 0 Å². The largest absolute Gasteiger partial charge is 0.497 e. The van der Waals surface area contributed by atoms with E-state index in [9.17, 15) is 9.59 Å². The lowest BCUT2D eigenvalue weighted by molar-refractivity contribution is -0.142. The molecule has 0 aliphatic carbocycles. The van der Waals surface area contributed by atoms with Gasteiger partial charge in [0.05, 0.1) is 7.11 Å². The Bertz CT molecular complexity index is 826. The minimum absolute atomic E-state index is 0.187. The highest BCUT2D eigenvalue weighted by Crippen LogP contribution is 2.18. The van der Waals surface area contributed by atoms with Crippen LogP contribution in [-0.4, -0.2) is 43.0 Å². The Morgan fingerprint density at radius 2 is 1.87 bits per heavy atom. The minimum atomic E-state index is -0.639. The molecule has 2 aromatic rings. The quantitative estimate of drug-likeness (QED) is 0.544. The van der Waals surface area contributed by atoms with Gasteiger partial charge in [-0.2, -0.15) is 0 Å². The molecule has 0 aromatic heterocycles. The van der Waals surface area contributed by atoms with Gasteiger partial charge in [0.1, 0.15) is 17.5 Å². The fourth-order valence-corrected chi connectivity index (χ4v) is 3.01. The van der Waals surface area contributed by atoms with Crippen molar-refractivity contribution in [3.63, 3.8) is 0 Å². The van der Waals surface area contributed by atoms with E-state index in [2.05, 4.69) is 12.2 Å². The molecular weight excluding hydrogens is 404 g/mol. The van der Waals surface area contributed by atoms with E-state index in [4.69, 9.17) is 21.1 Å². The zero-order valence-electron chi connectivity index (χ0n) is 17.7. The van der Waals surface area contributed by atoms with E-state index in [1.807, 2.05) is 24.3 Å². The average Bonchev–Trinajstić information content (AvgIpc) is 2.76. The van der Waals surface area contributed by atoms with Gasteiger partial charge in [-0.1, -0.05) is 43.1 Å². The number of carbonyl (C=O) groups is 2. The zero-order chi connectivity index (χ0) is 21.9. The summed E-state index contributed by atoms with van der Waals surface area (Å²) in [5, 5.41) is 3.42. The minimum Gasteiger partial charge on any atom is -0.497 e. The van der Waals surface area contributed by atoms with Crippen LogP contribution in [0, 0.1) is 0 Å². The standard InChI is InChI=1S/C23H29ClN2O4/c1-4-5-13-25-23(28)17(2)26(15-18-9-11-20(29-3)12-10-18)22(27)16-30-21-8-6-7-19(24)14-21/h6-12,14,17H,4-5,13,15-16H2,1-3H3,(H,25,28). The number of halogens is 1. The lowest BCUT2D eigenvalue weighted by Crippen LogP contribution is -2.49. The van der Waals surface area contributed by atoms with Crippen molar-refractivity contribution in [3.8, 4) is 11.5 Å². The molecule has 2 rings (SSSR count). The first-order valence-corrected chi connectivity index (χ1v) is 10.4. The number of hydrogen-bond donors (Lipinski definition) is 1. The lowest BCUT2D eigenvalue weighted by Gasteiger charge is -2.28. The molecule has 2 aromatic carbocycles. The third-order valence-corrected chi connectivity index (χ3v) is 4.90. The molecule has 7 heteroatoms. The summed E-state index contributed by atoms with van der Waals surface area (Å²) in [4.78, 5) is 27.1. The van der Waals surface area contributed by atoms with Gasteiger partial charge in [0.15, 0.2) is 6.61 Å². The molecule has 0 fully saturated rings. The second kappa shape index (κ2) is 12.1. The fraction of sp³-hybridized carbons (Fsp3) is 0.391. The van der Waals surface area contributed by atoms with Crippen molar-refractivity contribution in [1.29, 1.82) is 0 Å². The number of methoxy groups -OCH3 is 1. The van der Waals surface area contributed by atoms with Crippen LogP contribution in [0.15, 0.2) is 48.5 Å². The summed E-state index contributed by atoms with van der Waals surface area (Å²) in [6.45, 7) is 4.46. The number of amides is 2. The molecule has 0 saturated heterocycles. The Hall–Kier alpha value is -2.73. The highest BCUT2D eigenvalue weighted by atomic mass is 35.5. The first kappa shape index (κ1) is 23.5. The maximum Gasteiger partial charge on any atom is 0.261 e. The van der Waals surface area contributed by atoms with Gasteiger partial charge in [0.2, 0.25) is 5.91 Å². The van der Waals surface area contributed by atoms with Crippen molar-refractivity contribution in [1.82, 2.24) is 10.2 Å². The second-order valence-electron chi connectivity index (χ2n) is 6.94. The van der Waals surface area contributed by atoms with Crippen LogP contribution in [0.2, 0.25) is 5.02 Å². The molecular formula is C23H29ClN2O4. The Kier molecular flexibility index (Phi) is 9.48. The van der Waals surface area contributed by atoms with Crippen molar-refractivity contribution in [2.75, 3.05) is 20.3 Å². The van der Waals surface area contributed by atoms with Crippen molar-refractivity contribution >= 4 is 23.4 Å². The third-order valence-electron chi connectivity index (χ3n) is 4.67. The number of hydrogen-bond acceptors (Lipinski definition) is 4. The third kappa shape index (κ3) is 7.26. The first-order valence-electron chi connectivity index (χ1n) is 10.0. The van der Waals surface area contributed by atoms with Gasteiger partial charge in [0, 0.05) is 18.1 Å². The van der Waals surface area contributed by atoms with Crippen molar-refractivity contribution in [3.05, 3.63) is 59.1 Å². The predicted octanol–water partition coefficient (Wildman–Crippen LogP) is 4.06. The van der Waals surface area contributed by atoms with Gasteiger partial charge in [-0.3, -0.25) is 9.59 Å². The molecule has 2 amide bonds. The number of carbonyl (C=O) groups excluding carboxylic acids is 2. The molecule has 0 spiro atoms. The van der Waals surface area contributed by atoms with Gasteiger partial charge in [-0.25, -0.2) is 0 Å². The molecule has 1 atom stereocenters. The smallest absolute Gasteiger partial charge is 0.261 e.